The number of aromatic carboxylic acids is 1. The largest absolute Gasteiger partial charge is 0.487 e. The maximum atomic E-state index is 15.4. The molecule has 10 nitrogen and oxygen atoms in total. The zero-order valence-corrected chi connectivity index (χ0v) is 18.1. The highest BCUT2D eigenvalue weighted by Gasteiger charge is 2.31. The van der Waals surface area contributed by atoms with Crippen molar-refractivity contribution in [1.29, 1.82) is 0 Å². The van der Waals surface area contributed by atoms with E-state index >= 15 is 4.39 Å². The van der Waals surface area contributed by atoms with Crippen molar-refractivity contribution in [3.8, 4) is 5.75 Å². The molecule has 0 bridgehead atoms. The Balaban J connectivity index is 1.56. The predicted octanol–water partition coefficient (Wildman–Crippen LogP) is 1.51. The van der Waals surface area contributed by atoms with E-state index in [1.807, 2.05) is 16.7 Å². The van der Waals surface area contributed by atoms with Crippen LogP contribution >= 0.6 is 0 Å². The first-order valence-electron chi connectivity index (χ1n) is 10.6. The number of carboxylic acids is 1. The molecule has 1 aromatic carbocycles. The Morgan fingerprint density at radius 1 is 1.21 bits per heavy atom. The second-order valence-electron chi connectivity index (χ2n) is 8.34. The molecule has 5 rings (SSSR count). The lowest BCUT2D eigenvalue weighted by atomic mass is 10.1. The van der Waals surface area contributed by atoms with Crippen LogP contribution in [0.4, 0.5) is 15.9 Å². The lowest BCUT2D eigenvalue weighted by molar-refractivity contribution is 0.0694. The van der Waals surface area contributed by atoms with Gasteiger partial charge in [0.25, 0.3) is 5.56 Å². The maximum absolute atomic E-state index is 15.4. The van der Waals surface area contributed by atoms with Crippen molar-refractivity contribution in [2.75, 3.05) is 42.6 Å². The van der Waals surface area contributed by atoms with Crippen LogP contribution in [-0.2, 0) is 0 Å². The van der Waals surface area contributed by atoms with Crippen molar-refractivity contribution in [1.82, 2.24) is 14.5 Å². The summed E-state index contributed by atoms with van der Waals surface area (Å²) in [6, 6.07) is 2.32. The average molecular weight is 455 g/mol. The number of H-pyrrole nitrogens is 1. The summed E-state index contributed by atoms with van der Waals surface area (Å²) in [4.78, 5) is 46.9. The van der Waals surface area contributed by atoms with Crippen molar-refractivity contribution in [3.05, 3.63) is 56.1 Å². The van der Waals surface area contributed by atoms with E-state index in [4.69, 9.17) is 4.74 Å². The molecule has 11 heteroatoms. The van der Waals surface area contributed by atoms with E-state index in [0.29, 0.717) is 43.3 Å². The molecule has 33 heavy (non-hydrogen) atoms. The second-order valence-corrected chi connectivity index (χ2v) is 8.34. The highest BCUT2D eigenvalue weighted by atomic mass is 19.1. The van der Waals surface area contributed by atoms with Crippen LogP contribution in [0.3, 0.4) is 0 Å². The van der Waals surface area contributed by atoms with Crippen molar-refractivity contribution < 1.29 is 19.0 Å². The Hall–Kier alpha value is -3.89. The van der Waals surface area contributed by atoms with Gasteiger partial charge in [-0.1, -0.05) is 0 Å². The first-order chi connectivity index (χ1) is 15.7. The first-order valence-corrected chi connectivity index (χ1v) is 10.6. The molecule has 2 aromatic heterocycles. The van der Waals surface area contributed by atoms with Gasteiger partial charge in [0.2, 0.25) is 5.43 Å². The number of carboxylic acid groups (broad SMARTS) is 1. The van der Waals surface area contributed by atoms with Crippen LogP contribution < -0.4 is 25.5 Å². The molecule has 2 aliphatic rings. The number of aryl methyl sites for hydroxylation is 1. The third kappa shape index (κ3) is 3.40. The van der Waals surface area contributed by atoms with Crippen molar-refractivity contribution >= 4 is 28.4 Å². The van der Waals surface area contributed by atoms with E-state index in [9.17, 15) is 19.5 Å². The summed E-state index contributed by atoms with van der Waals surface area (Å²) in [5.74, 6) is -0.662. The van der Waals surface area contributed by atoms with Gasteiger partial charge in [-0.2, -0.15) is 0 Å². The molecule has 0 unspecified atom stereocenters. The Morgan fingerprint density at radius 3 is 2.58 bits per heavy atom. The number of hydrogen-bond acceptors (Lipinski definition) is 7. The highest BCUT2D eigenvalue weighted by molar-refractivity contribution is 5.97. The summed E-state index contributed by atoms with van der Waals surface area (Å²) < 4.78 is 22.9. The van der Waals surface area contributed by atoms with Crippen molar-refractivity contribution in [2.24, 2.45) is 0 Å². The fourth-order valence-electron chi connectivity index (χ4n) is 4.54. The summed E-state index contributed by atoms with van der Waals surface area (Å²) >= 11 is 0. The number of anilines is 2. The Morgan fingerprint density at radius 2 is 1.91 bits per heavy atom. The summed E-state index contributed by atoms with van der Waals surface area (Å²) in [6.45, 7) is 5.68. The normalized spacial score (nSPS) is 17.8. The van der Waals surface area contributed by atoms with Crippen LogP contribution in [0.5, 0.6) is 5.75 Å². The minimum absolute atomic E-state index is 0.0143. The van der Waals surface area contributed by atoms with E-state index < -0.39 is 22.8 Å². The topological polar surface area (TPSA) is 121 Å². The van der Waals surface area contributed by atoms with Gasteiger partial charge in [-0.25, -0.2) is 14.2 Å². The molecule has 2 aliphatic heterocycles. The number of pyridine rings is 1. The molecule has 172 valence electrons. The van der Waals surface area contributed by atoms with Crippen molar-refractivity contribution in [3.63, 3.8) is 0 Å². The Labute approximate surface area is 186 Å². The predicted molar refractivity (Wildman–Crippen MR) is 119 cm³/mol. The number of rotatable bonds is 3. The lowest BCUT2D eigenvalue weighted by Crippen LogP contribution is -2.47. The van der Waals surface area contributed by atoms with E-state index in [0.717, 1.165) is 6.07 Å². The van der Waals surface area contributed by atoms with Gasteiger partial charge in [-0.05, 0) is 19.9 Å². The minimum atomic E-state index is -1.35. The van der Waals surface area contributed by atoms with Gasteiger partial charge in [0.15, 0.2) is 11.6 Å². The average Bonchev–Trinajstić information content (AvgIpc) is 2.76. The molecular weight excluding hydrogens is 433 g/mol. The number of nitrogens with one attached hydrogen (secondary N) is 1. The standard InChI is InChI=1S/C22H22FN5O5/c1-11-10-33-21-18-13(20(30)14(22(31)32)9-28(11)18)7-15(23)19(21)27-5-3-26(4-6-27)16-8-17(29)25-12(2)24-16/h7-9,11H,3-6,10H2,1-2H3,(H,31,32)(H,24,25,29)/t11-/m0/s1. The summed E-state index contributed by atoms with van der Waals surface area (Å²) in [5, 5.41) is 9.41. The van der Waals surface area contributed by atoms with Crippen molar-refractivity contribution in [2.45, 2.75) is 19.9 Å². The third-order valence-electron chi connectivity index (χ3n) is 6.14. The molecule has 1 fully saturated rings. The zero-order chi connectivity index (χ0) is 23.4. The van der Waals surface area contributed by atoms with E-state index in [1.54, 1.807) is 11.5 Å². The highest BCUT2D eigenvalue weighted by Crippen LogP contribution is 2.42. The molecular formula is C22H22FN5O5. The van der Waals surface area contributed by atoms with Gasteiger partial charge in [0.05, 0.1) is 16.9 Å². The maximum Gasteiger partial charge on any atom is 0.341 e. The van der Waals surface area contributed by atoms with Crippen LogP contribution in [0.25, 0.3) is 10.9 Å². The molecule has 0 spiro atoms. The zero-order valence-electron chi connectivity index (χ0n) is 18.1. The Bertz CT molecular complexity index is 1410. The van der Waals surface area contributed by atoms with Gasteiger partial charge in [0.1, 0.15) is 29.5 Å². The quantitative estimate of drug-likeness (QED) is 0.610. The molecule has 0 aliphatic carbocycles. The van der Waals surface area contributed by atoms with Gasteiger partial charge >= 0.3 is 5.97 Å². The number of carbonyl (C=O) groups is 1. The van der Waals surface area contributed by atoms with E-state index in [2.05, 4.69) is 9.97 Å². The number of ether oxygens (including phenoxy) is 1. The number of benzene rings is 1. The number of aromatic nitrogens is 3. The third-order valence-corrected chi connectivity index (χ3v) is 6.14. The van der Waals surface area contributed by atoms with E-state index in [-0.39, 0.29) is 35.0 Å². The number of halogens is 1. The van der Waals surface area contributed by atoms with Gasteiger partial charge in [0, 0.05) is 38.4 Å². The van der Waals surface area contributed by atoms with Crippen LogP contribution in [0.1, 0.15) is 29.1 Å². The molecule has 0 saturated carbocycles. The van der Waals surface area contributed by atoms with E-state index in [1.165, 1.54) is 12.3 Å². The van der Waals surface area contributed by atoms with Crippen LogP contribution in [-0.4, -0.2) is 58.4 Å². The van der Waals surface area contributed by atoms with Gasteiger partial charge < -0.3 is 29.2 Å². The molecule has 4 heterocycles. The van der Waals surface area contributed by atoms with Gasteiger partial charge in [-0.3, -0.25) is 9.59 Å². The number of aromatic amines is 1. The summed E-state index contributed by atoms with van der Waals surface area (Å²) in [7, 11) is 0. The molecule has 0 radical (unpaired) electrons. The van der Waals surface area contributed by atoms with Gasteiger partial charge in [-0.15, -0.1) is 0 Å². The Kier molecular flexibility index (Phi) is 4.84. The fourth-order valence-corrected chi connectivity index (χ4v) is 4.54. The smallest absolute Gasteiger partial charge is 0.341 e. The molecule has 1 atom stereocenters. The monoisotopic (exact) mass is 455 g/mol. The first kappa shape index (κ1) is 21.0. The molecule has 2 N–H and O–H groups in total. The molecule has 0 amide bonds. The summed E-state index contributed by atoms with van der Waals surface area (Å²) in [6.07, 6.45) is 1.31. The summed E-state index contributed by atoms with van der Waals surface area (Å²) in [5.41, 5.74) is -0.719. The number of piperazine rings is 1. The fraction of sp³-hybridized carbons (Fsp3) is 0.364. The number of hydrogen-bond donors (Lipinski definition) is 2. The molecule has 1 saturated heterocycles. The number of nitrogens with zero attached hydrogens (tertiary/aromatic N) is 4. The SMILES string of the molecule is Cc1nc(N2CCN(c3c(F)cc4c(=O)c(C(=O)O)cn5c4c3OC[C@@H]5C)CC2)cc(=O)[nH]1. The minimum Gasteiger partial charge on any atom is -0.487 e. The lowest BCUT2D eigenvalue weighted by Gasteiger charge is -2.38. The van der Waals surface area contributed by atoms with Crippen LogP contribution in [0, 0.1) is 12.7 Å². The molecule has 3 aromatic rings. The second kappa shape index (κ2) is 7.61. The van der Waals surface area contributed by atoms with Crippen LogP contribution in [0.15, 0.2) is 27.9 Å². The van der Waals surface area contributed by atoms with Crippen LogP contribution in [0.2, 0.25) is 0 Å².